The van der Waals surface area contributed by atoms with Crippen LogP contribution in [0.1, 0.15) is 33.1 Å². The van der Waals surface area contributed by atoms with Crippen LogP contribution >= 0.6 is 11.8 Å². The van der Waals surface area contributed by atoms with E-state index in [9.17, 15) is 18.4 Å². The second-order valence-electron chi connectivity index (χ2n) is 8.38. The molecule has 5 nitrogen and oxygen atoms in total. The number of carbonyl (C=O) groups is 1. The lowest BCUT2D eigenvalue weighted by Crippen LogP contribution is -2.44. The smallest absolute Gasteiger partial charge is 0.266 e. The van der Waals surface area contributed by atoms with Crippen LogP contribution in [0.3, 0.4) is 0 Å². The fourth-order valence-electron chi connectivity index (χ4n) is 4.25. The van der Waals surface area contributed by atoms with E-state index >= 15 is 0 Å². The Morgan fingerprint density at radius 1 is 1.19 bits per heavy atom. The summed E-state index contributed by atoms with van der Waals surface area (Å²) in [6.07, 6.45) is 3.19. The Labute approximate surface area is 189 Å². The molecule has 0 radical (unpaired) electrons. The number of amides is 1. The maximum Gasteiger partial charge on any atom is 0.266 e. The maximum atomic E-state index is 14.6. The van der Waals surface area contributed by atoms with Gasteiger partial charge in [0, 0.05) is 12.1 Å². The normalized spacial score (nSPS) is 20.9. The van der Waals surface area contributed by atoms with Crippen LogP contribution in [-0.2, 0) is 4.79 Å². The summed E-state index contributed by atoms with van der Waals surface area (Å²) in [5.74, 6) is -0.795. The quantitative estimate of drug-likeness (QED) is 0.446. The van der Waals surface area contributed by atoms with E-state index in [4.69, 9.17) is 0 Å². The van der Waals surface area contributed by atoms with Crippen LogP contribution in [-0.4, -0.2) is 27.3 Å². The van der Waals surface area contributed by atoms with Crippen molar-refractivity contribution in [2.45, 2.75) is 44.3 Å². The highest BCUT2D eigenvalue weighted by Crippen LogP contribution is 2.30. The molecule has 0 unspecified atom stereocenters. The van der Waals surface area contributed by atoms with E-state index in [1.54, 1.807) is 24.3 Å². The molecule has 1 heterocycles. The number of fused-ring (bicyclic) bond motifs is 1. The lowest BCUT2D eigenvalue weighted by molar-refractivity contribution is -0.120. The van der Waals surface area contributed by atoms with Crippen LogP contribution in [0, 0.1) is 23.5 Å². The van der Waals surface area contributed by atoms with E-state index in [0.29, 0.717) is 22.7 Å². The van der Waals surface area contributed by atoms with Gasteiger partial charge >= 0.3 is 0 Å². The minimum atomic E-state index is -0.875. The molecule has 168 valence electrons. The number of benzene rings is 2. The first kappa shape index (κ1) is 22.5. The maximum absolute atomic E-state index is 14.6. The molecule has 2 aromatic carbocycles. The average Bonchev–Trinajstić information content (AvgIpc) is 2.76. The largest absolute Gasteiger partial charge is 0.352 e. The zero-order chi connectivity index (χ0) is 22.8. The van der Waals surface area contributed by atoms with Crippen molar-refractivity contribution in [1.82, 2.24) is 14.9 Å². The number of nitrogens with one attached hydrogen (secondary N) is 1. The molecule has 8 heteroatoms. The van der Waals surface area contributed by atoms with Crippen molar-refractivity contribution in [3.8, 4) is 5.69 Å². The molecule has 0 aliphatic heterocycles. The summed E-state index contributed by atoms with van der Waals surface area (Å²) in [5, 5.41) is 3.60. The molecular formula is C24H25F2N3O2S. The lowest BCUT2D eigenvalue weighted by Gasteiger charge is -2.34. The number of carbonyl (C=O) groups excluding carboxylic acids is 1. The fraction of sp³-hybridized carbons (Fsp3) is 0.375. The standard InChI is InChI=1S/C24H25F2N3O2S/c1-14-6-5-9-19(15(14)2)27-22(30)13-32-24-28-20-8-4-3-7-17(20)23(31)29(24)21-11-10-16(25)12-18(21)26/h3-4,7-8,10-12,14-15,19H,5-6,9,13H2,1-2H3,(H,27,30)/t14-,15+,19-/m1/s1. The first-order chi connectivity index (χ1) is 15.3. The van der Waals surface area contributed by atoms with E-state index in [1.807, 2.05) is 0 Å². The molecule has 1 aliphatic rings. The zero-order valence-corrected chi connectivity index (χ0v) is 18.8. The predicted octanol–water partition coefficient (Wildman–Crippen LogP) is 4.70. The number of aromatic nitrogens is 2. The molecule has 1 saturated carbocycles. The van der Waals surface area contributed by atoms with Crippen molar-refractivity contribution in [3.05, 3.63) is 64.5 Å². The number of hydrogen-bond donors (Lipinski definition) is 1. The highest BCUT2D eigenvalue weighted by Gasteiger charge is 2.28. The van der Waals surface area contributed by atoms with Crippen LogP contribution in [0.25, 0.3) is 16.6 Å². The molecule has 0 bridgehead atoms. The van der Waals surface area contributed by atoms with Crippen LogP contribution in [0.2, 0.25) is 0 Å². The molecule has 0 spiro atoms. The summed E-state index contributed by atoms with van der Waals surface area (Å²) < 4.78 is 29.1. The molecule has 32 heavy (non-hydrogen) atoms. The summed E-state index contributed by atoms with van der Waals surface area (Å²) in [7, 11) is 0. The van der Waals surface area contributed by atoms with Crippen LogP contribution in [0.4, 0.5) is 8.78 Å². The first-order valence-electron chi connectivity index (χ1n) is 10.7. The van der Waals surface area contributed by atoms with Gasteiger partial charge in [0.25, 0.3) is 5.56 Å². The summed E-state index contributed by atoms with van der Waals surface area (Å²) in [6.45, 7) is 4.36. The van der Waals surface area contributed by atoms with Gasteiger partial charge in [-0.3, -0.25) is 14.2 Å². The van der Waals surface area contributed by atoms with Gasteiger partial charge in [-0.25, -0.2) is 13.8 Å². The second-order valence-corrected chi connectivity index (χ2v) is 9.32. The van der Waals surface area contributed by atoms with Crippen molar-refractivity contribution in [2.75, 3.05) is 5.75 Å². The Bertz CT molecular complexity index is 1210. The number of hydrogen-bond acceptors (Lipinski definition) is 4. The molecule has 1 aliphatic carbocycles. The first-order valence-corrected chi connectivity index (χ1v) is 11.7. The lowest BCUT2D eigenvalue weighted by atomic mass is 9.78. The summed E-state index contributed by atoms with van der Waals surface area (Å²) in [4.78, 5) is 30.4. The van der Waals surface area contributed by atoms with Crippen molar-refractivity contribution < 1.29 is 13.6 Å². The van der Waals surface area contributed by atoms with Gasteiger partial charge in [-0.05, 0) is 42.5 Å². The van der Waals surface area contributed by atoms with Gasteiger partial charge < -0.3 is 5.32 Å². The molecule has 4 rings (SSSR count). The Kier molecular flexibility index (Phi) is 6.60. The third kappa shape index (κ3) is 4.55. The topological polar surface area (TPSA) is 64.0 Å². The average molecular weight is 458 g/mol. The van der Waals surface area contributed by atoms with Gasteiger partial charge in [0.05, 0.1) is 22.3 Å². The van der Waals surface area contributed by atoms with Crippen LogP contribution in [0.15, 0.2) is 52.4 Å². The van der Waals surface area contributed by atoms with Gasteiger partial charge in [-0.15, -0.1) is 0 Å². The summed E-state index contributed by atoms with van der Waals surface area (Å²) in [5.41, 5.74) is -0.125. The Hall–Kier alpha value is -2.74. The Balaban J connectivity index is 1.64. The van der Waals surface area contributed by atoms with E-state index < -0.39 is 17.2 Å². The van der Waals surface area contributed by atoms with Crippen molar-refractivity contribution in [1.29, 1.82) is 0 Å². The van der Waals surface area contributed by atoms with Gasteiger partial charge in [0.2, 0.25) is 5.91 Å². The predicted molar refractivity (Wildman–Crippen MR) is 122 cm³/mol. The highest BCUT2D eigenvalue weighted by atomic mass is 32.2. The minimum Gasteiger partial charge on any atom is -0.352 e. The number of rotatable bonds is 5. The summed E-state index contributed by atoms with van der Waals surface area (Å²) >= 11 is 1.06. The van der Waals surface area contributed by atoms with E-state index in [0.717, 1.165) is 41.3 Å². The molecule has 1 N–H and O–H groups in total. The van der Waals surface area contributed by atoms with Crippen molar-refractivity contribution >= 4 is 28.6 Å². The molecule has 1 fully saturated rings. The number of para-hydroxylation sites is 1. The van der Waals surface area contributed by atoms with Gasteiger partial charge in [-0.1, -0.05) is 50.6 Å². The molecule has 0 saturated heterocycles. The third-order valence-corrected chi connectivity index (χ3v) is 7.22. The van der Waals surface area contributed by atoms with Crippen molar-refractivity contribution in [2.24, 2.45) is 11.8 Å². The van der Waals surface area contributed by atoms with Gasteiger partial charge in [0.1, 0.15) is 11.6 Å². The fourth-order valence-corrected chi connectivity index (χ4v) is 5.07. The summed E-state index contributed by atoms with van der Waals surface area (Å²) in [6, 6.07) is 9.89. The van der Waals surface area contributed by atoms with Crippen LogP contribution in [0.5, 0.6) is 0 Å². The highest BCUT2D eigenvalue weighted by molar-refractivity contribution is 7.99. The third-order valence-electron chi connectivity index (χ3n) is 6.28. The number of thioether (sulfide) groups is 1. The Morgan fingerprint density at radius 2 is 1.97 bits per heavy atom. The SMILES string of the molecule is C[C@H]1[C@H](C)CCC[C@H]1NC(=O)CSc1nc2ccccc2c(=O)n1-c1ccc(F)cc1F. The Morgan fingerprint density at radius 3 is 2.75 bits per heavy atom. The molecule has 3 aromatic rings. The second kappa shape index (κ2) is 9.40. The van der Waals surface area contributed by atoms with Crippen LogP contribution < -0.4 is 10.9 Å². The van der Waals surface area contributed by atoms with E-state index in [2.05, 4.69) is 24.1 Å². The monoisotopic (exact) mass is 457 g/mol. The van der Waals surface area contributed by atoms with Gasteiger partial charge in [-0.2, -0.15) is 0 Å². The zero-order valence-electron chi connectivity index (χ0n) is 18.0. The molecular weight excluding hydrogens is 432 g/mol. The van der Waals surface area contributed by atoms with Crippen molar-refractivity contribution in [3.63, 3.8) is 0 Å². The number of halogens is 2. The number of nitrogens with zero attached hydrogens (tertiary/aromatic N) is 2. The van der Waals surface area contributed by atoms with Gasteiger partial charge in [0.15, 0.2) is 5.16 Å². The molecule has 3 atom stereocenters. The van der Waals surface area contributed by atoms with E-state index in [-0.39, 0.29) is 28.5 Å². The molecule has 1 aromatic heterocycles. The minimum absolute atomic E-state index is 0.0329. The van der Waals surface area contributed by atoms with E-state index in [1.165, 1.54) is 12.5 Å². The molecule has 1 amide bonds.